The summed E-state index contributed by atoms with van der Waals surface area (Å²) in [4.78, 5) is 76.3. The minimum absolute atomic E-state index is 0. The highest BCUT2D eigenvalue weighted by atomic mass is 16.6. The first kappa shape index (κ1) is 57.0. The van der Waals surface area contributed by atoms with E-state index in [4.69, 9.17) is 38.9 Å². The largest absolute Gasteiger partial charge is 0.492 e. The Morgan fingerprint density at radius 1 is 0.500 bits per heavy atom. The Kier molecular flexibility index (Phi) is 20.5. The quantitative estimate of drug-likeness (QED) is 0.0264. The third-order valence-corrected chi connectivity index (χ3v) is 11.6. The molecule has 0 spiro atoms. The first-order valence-electron chi connectivity index (χ1n) is 24.8. The molecule has 6 aromatic rings. The van der Waals surface area contributed by atoms with Gasteiger partial charge in [-0.2, -0.15) is 0 Å². The maximum atomic E-state index is 13.9. The van der Waals surface area contributed by atoms with Crippen LogP contribution in [-0.4, -0.2) is 75.3 Å². The van der Waals surface area contributed by atoms with Crippen molar-refractivity contribution in [2.24, 2.45) is 0 Å². The van der Waals surface area contributed by atoms with Crippen LogP contribution < -0.4 is 29.6 Å². The number of nitrogens with two attached hydrogens (primary N) is 1. The molecule has 15 heteroatoms. The van der Waals surface area contributed by atoms with Crippen molar-refractivity contribution in [1.82, 2.24) is 0 Å². The first-order chi connectivity index (χ1) is 35.2. The third kappa shape index (κ3) is 12.6. The minimum Gasteiger partial charge on any atom is -0.492 e. The number of ether oxygens (including phenoxy) is 7. The molecule has 0 aliphatic carbocycles. The van der Waals surface area contributed by atoms with Crippen molar-refractivity contribution >= 4 is 68.6 Å². The molecule has 8 rings (SSSR count). The number of aryl methyl sites for hydroxylation is 2. The van der Waals surface area contributed by atoms with E-state index >= 15 is 0 Å². The average molecular weight is 1010 g/mol. The second-order valence-corrected chi connectivity index (χ2v) is 17.2. The molecule has 2 N–H and O–H groups in total. The molecule has 74 heavy (non-hydrogen) atoms. The van der Waals surface area contributed by atoms with Crippen LogP contribution >= 0.6 is 0 Å². The standard InChI is InChI=1S/C29H31NO6.C18H18O5.C11H15NO2.CH4/c1-5-14-35-26-20-10-8-9-11-21(20)27(36-15-6-2)25-24(26)28(32)30(29(25)33)22-13-12-19(16-18(22)4)17-23(31)34-7-3;1-3-9-21-15-11-7-5-6-8-12(11)16(22-10-4-2)14-13(15)17(19)23-18(14)20;1-3-14-11(13)7-9-4-5-10(12)8(2)6-9;/h8-13,16H,5-7,14-15,17H2,1-4H3;5-8H,3-4,9-10H2,1-2H3;4-6H,3,7,12H2,1-2H3;1H4. The van der Waals surface area contributed by atoms with Crippen molar-refractivity contribution in [3.8, 4) is 23.0 Å². The van der Waals surface area contributed by atoms with Gasteiger partial charge in [0.2, 0.25) is 0 Å². The number of carbonyl (C=O) groups excluding carboxylic acids is 6. The molecule has 2 amide bonds. The van der Waals surface area contributed by atoms with E-state index in [2.05, 4.69) is 0 Å². The lowest BCUT2D eigenvalue weighted by molar-refractivity contribution is -0.143. The van der Waals surface area contributed by atoms with Gasteiger partial charge in [0.05, 0.1) is 69.3 Å². The second kappa shape index (κ2) is 26.7. The number of carbonyl (C=O) groups is 6. The molecular weight excluding hydrogens is 945 g/mol. The number of hydrogen-bond acceptors (Lipinski definition) is 14. The number of amides is 2. The predicted octanol–water partition coefficient (Wildman–Crippen LogP) is 11.7. The van der Waals surface area contributed by atoms with Gasteiger partial charge in [0.1, 0.15) is 34.1 Å². The van der Waals surface area contributed by atoms with Gasteiger partial charge in [0.15, 0.2) is 0 Å². The molecule has 2 aliphatic heterocycles. The zero-order valence-corrected chi connectivity index (χ0v) is 42.9. The minimum atomic E-state index is -0.678. The first-order valence-corrected chi connectivity index (χ1v) is 24.8. The van der Waals surface area contributed by atoms with Crippen molar-refractivity contribution in [3.63, 3.8) is 0 Å². The molecule has 0 fully saturated rings. The van der Waals surface area contributed by atoms with Crippen molar-refractivity contribution < 1.29 is 61.9 Å². The van der Waals surface area contributed by atoms with Crippen LogP contribution in [0.25, 0.3) is 21.5 Å². The van der Waals surface area contributed by atoms with Crippen molar-refractivity contribution in [2.75, 3.05) is 50.3 Å². The van der Waals surface area contributed by atoms with Crippen LogP contribution in [0.4, 0.5) is 11.4 Å². The number of cyclic esters (lactones) is 2. The van der Waals surface area contributed by atoms with Crippen LogP contribution in [0.2, 0.25) is 0 Å². The fourth-order valence-corrected chi connectivity index (χ4v) is 8.37. The summed E-state index contributed by atoms with van der Waals surface area (Å²) in [6.07, 6.45) is 3.52. The SMILES string of the molecule is C.CCCOc1c2c(c(OCCC)c3ccccc13)C(=O)N(c1ccc(CC(=O)OCC)cc1C)C2=O.CCCOc1c2c(c(OCCC)c3ccccc13)C(=O)OC2=O.CCOC(=O)Cc1ccc(N)c(C)c1. The highest BCUT2D eigenvalue weighted by Gasteiger charge is 2.44. The van der Waals surface area contributed by atoms with Gasteiger partial charge < -0.3 is 38.9 Å². The summed E-state index contributed by atoms with van der Waals surface area (Å²) in [6.45, 7) is 17.7. The summed E-state index contributed by atoms with van der Waals surface area (Å²) >= 11 is 0. The number of nitrogen functional groups attached to an aromatic ring is 1. The summed E-state index contributed by atoms with van der Waals surface area (Å²) in [6, 6.07) is 25.8. The smallest absolute Gasteiger partial charge is 0.350 e. The Morgan fingerprint density at radius 2 is 0.851 bits per heavy atom. The van der Waals surface area contributed by atoms with Gasteiger partial charge in [0, 0.05) is 27.2 Å². The van der Waals surface area contributed by atoms with E-state index in [9.17, 15) is 28.8 Å². The average Bonchev–Trinajstić information content (AvgIpc) is 3.81. The lowest BCUT2D eigenvalue weighted by atomic mass is 9.99. The molecule has 392 valence electrons. The van der Waals surface area contributed by atoms with Crippen molar-refractivity contribution in [1.29, 1.82) is 0 Å². The predicted molar refractivity (Wildman–Crippen MR) is 286 cm³/mol. The Labute approximate surface area is 433 Å². The Morgan fingerprint density at radius 3 is 1.19 bits per heavy atom. The number of rotatable bonds is 19. The summed E-state index contributed by atoms with van der Waals surface area (Å²) in [5.41, 5.74) is 11.1. The van der Waals surface area contributed by atoms with Gasteiger partial charge in [0.25, 0.3) is 11.8 Å². The van der Waals surface area contributed by atoms with Gasteiger partial charge >= 0.3 is 23.9 Å². The number of fused-ring (bicyclic) bond motifs is 4. The third-order valence-electron chi connectivity index (χ3n) is 11.6. The maximum Gasteiger partial charge on any atom is 0.350 e. The monoisotopic (exact) mass is 1010 g/mol. The van der Waals surface area contributed by atoms with Gasteiger partial charge in [-0.1, -0.05) is 108 Å². The second-order valence-electron chi connectivity index (χ2n) is 17.2. The maximum absolute atomic E-state index is 13.9. The zero-order valence-electron chi connectivity index (χ0n) is 42.9. The van der Waals surface area contributed by atoms with Gasteiger partial charge in [-0.15, -0.1) is 0 Å². The molecule has 2 heterocycles. The number of hydrogen-bond donors (Lipinski definition) is 1. The van der Waals surface area contributed by atoms with Crippen molar-refractivity contribution in [3.05, 3.63) is 129 Å². The van der Waals surface area contributed by atoms with Gasteiger partial charge in [-0.25, -0.2) is 14.5 Å². The summed E-state index contributed by atoms with van der Waals surface area (Å²) in [5.74, 6) is -1.17. The highest BCUT2D eigenvalue weighted by Crippen LogP contribution is 2.47. The van der Waals surface area contributed by atoms with Crippen molar-refractivity contribution in [2.45, 2.75) is 101 Å². The number of benzene rings is 6. The number of anilines is 2. The van der Waals surface area contributed by atoms with Crippen LogP contribution in [0.5, 0.6) is 23.0 Å². The lowest BCUT2D eigenvalue weighted by Gasteiger charge is -2.17. The van der Waals surface area contributed by atoms with E-state index in [1.807, 2.05) is 108 Å². The van der Waals surface area contributed by atoms with Crippen LogP contribution in [0.3, 0.4) is 0 Å². The molecule has 0 radical (unpaired) electrons. The summed E-state index contributed by atoms with van der Waals surface area (Å²) < 4.78 is 38.4. The molecule has 6 aromatic carbocycles. The topological polar surface area (TPSA) is 196 Å². The molecule has 2 aliphatic rings. The van der Waals surface area contributed by atoms with E-state index in [-0.39, 0.29) is 48.0 Å². The Hall–Kier alpha value is -7.94. The summed E-state index contributed by atoms with van der Waals surface area (Å²) in [7, 11) is 0. The molecule has 0 bridgehead atoms. The van der Waals surface area contributed by atoms with E-state index < -0.39 is 23.8 Å². The molecular formula is C59H68N2O13. The van der Waals surface area contributed by atoms with Gasteiger partial charge in [-0.3, -0.25) is 19.2 Å². The fourth-order valence-electron chi connectivity index (χ4n) is 8.37. The van der Waals surface area contributed by atoms with E-state index in [0.717, 1.165) is 69.6 Å². The fraction of sp³-hybridized carbons (Fsp3) is 0.356. The number of esters is 4. The molecule has 0 saturated carbocycles. The molecule has 0 unspecified atom stereocenters. The lowest BCUT2D eigenvalue weighted by Crippen LogP contribution is -2.30. The van der Waals surface area contributed by atoms with Gasteiger partial charge in [-0.05, 0) is 87.8 Å². The zero-order chi connectivity index (χ0) is 52.8. The van der Waals surface area contributed by atoms with E-state index in [1.165, 1.54) is 4.90 Å². The highest BCUT2D eigenvalue weighted by molar-refractivity contribution is 6.38. The molecule has 0 saturated heterocycles. The number of nitrogens with zero attached hydrogens (tertiary/aromatic N) is 1. The summed E-state index contributed by atoms with van der Waals surface area (Å²) in [5, 5.41) is 2.97. The molecule has 0 atom stereocenters. The van der Waals surface area contributed by atoms with Crippen LogP contribution in [0, 0.1) is 13.8 Å². The van der Waals surface area contributed by atoms with E-state index in [0.29, 0.717) is 80.3 Å². The van der Waals surface area contributed by atoms with Crippen LogP contribution in [0.15, 0.2) is 84.9 Å². The Balaban J connectivity index is 0.000000227. The van der Waals surface area contributed by atoms with Crippen LogP contribution in [-0.2, 0) is 36.6 Å². The normalized spacial score (nSPS) is 12.1. The van der Waals surface area contributed by atoms with E-state index in [1.54, 1.807) is 32.0 Å². The molecule has 15 nitrogen and oxygen atoms in total. The Bertz CT molecular complexity index is 2900. The molecule has 0 aromatic heterocycles. The number of imide groups is 1. The van der Waals surface area contributed by atoms with Crippen LogP contribution in [0.1, 0.15) is 138 Å².